The van der Waals surface area contributed by atoms with Crippen molar-refractivity contribution in [3.05, 3.63) is 69.0 Å². The van der Waals surface area contributed by atoms with E-state index in [4.69, 9.17) is 5.84 Å². The van der Waals surface area contributed by atoms with Crippen molar-refractivity contribution in [1.29, 1.82) is 0 Å². The molecule has 0 saturated heterocycles. The predicted octanol–water partition coefficient (Wildman–Crippen LogP) is 4.52. The van der Waals surface area contributed by atoms with Gasteiger partial charge in [-0.3, -0.25) is 5.84 Å². The molecule has 20 heavy (non-hydrogen) atoms. The molecular formula is C16H15BrN2S. The van der Waals surface area contributed by atoms with Crippen LogP contribution in [0.3, 0.4) is 0 Å². The summed E-state index contributed by atoms with van der Waals surface area (Å²) in [5.74, 6) is 5.85. The van der Waals surface area contributed by atoms with Gasteiger partial charge in [-0.05, 0) is 52.6 Å². The number of nitrogens with one attached hydrogen (secondary N) is 1. The normalized spacial score (nSPS) is 12.8. The van der Waals surface area contributed by atoms with E-state index in [2.05, 4.69) is 76.1 Å². The molecule has 0 aliphatic heterocycles. The van der Waals surface area contributed by atoms with Crippen LogP contribution in [0.2, 0.25) is 0 Å². The second-order valence-corrected chi connectivity index (χ2v) is 6.62. The first-order chi connectivity index (χ1) is 9.70. The van der Waals surface area contributed by atoms with Crippen molar-refractivity contribution in [3.63, 3.8) is 0 Å². The first-order valence-corrected chi connectivity index (χ1v) is 8.06. The van der Waals surface area contributed by atoms with Crippen molar-refractivity contribution < 1.29 is 0 Å². The van der Waals surface area contributed by atoms with Gasteiger partial charge in [0.15, 0.2) is 0 Å². The summed E-state index contributed by atoms with van der Waals surface area (Å²) in [6, 6.07) is 14.8. The average molecular weight is 347 g/mol. The number of rotatable bonds is 3. The standard InChI is InChI=1S/C16H15BrN2S/c1-10-5-6-12(17)9-14(10)15(19-18)13-4-2-3-11-7-8-20-16(11)13/h2-9,15,19H,18H2,1H3. The lowest BCUT2D eigenvalue weighted by Crippen LogP contribution is -2.29. The zero-order chi connectivity index (χ0) is 14.1. The minimum Gasteiger partial charge on any atom is -0.271 e. The fourth-order valence-electron chi connectivity index (χ4n) is 2.51. The van der Waals surface area contributed by atoms with Crippen molar-refractivity contribution in [2.45, 2.75) is 13.0 Å². The maximum atomic E-state index is 5.85. The van der Waals surface area contributed by atoms with E-state index in [0.29, 0.717) is 0 Å². The number of hydrazine groups is 1. The van der Waals surface area contributed by atoms with Crippen molar-refractivity contribution in [1.82, 2.24) is 5.43 Å². The van der Waals surface area contributed by atoms with Crippen LogP contribution in [0.5, 0.6) is 0 Å². The Bertz CT molecular complexity index is 751. The molecule has 3 rings (SSSR count). The lowest BCUT2D eigenvalue weighted by atomic mass is 9.95. The van der Waals surface area contributed by atoms with Crippen LogP contribution in [0.15, 0.2) is 52.3 Å². The quantitative estimate of drug-likeness (QED) is 0.540. The Hall–Kier alpha value is -1.20. The summed E-state index contributed by atoms with van der Waals surface area (Å²) in [6.07, 6.45) is 0. The molecule has 3 aromatic rings. The Labute approximate surface area is 130 Å². The van der Waals surface area contributed by atoms with E-state index in [0.717, 1.165) is 4.47 Å². The van der Waals surface area contributed by atoms with E-state index < -0.39 is 0 Å². The van der Waals surface area contributed by atoms with E-state index in [1.807, 2.05) is 0 Å². The van der Waals surface area contributed by atoms with Crippen LogP contribution in [0.4, 0.5) is 0 Å². The fourth-order valence-corrected chi connectivity index (χ4v) is 3.84. The van der Waals surface area contributed by atoms with E-state index >= 15 is 0 Å². The first kappa shape index (κ1) is 13.8. The maximum Gasteiger partial charge on any atom is 0.0726 e. The topological polar surface area (TPSA) is 38.0 Å². The van der Waals surface area contributed by atoms with Crippen molar-refractivity contribution in [2.75, 3.05) is 0 Å². The second kappa shape index (κ2) is 5.66. The van der Waals surface area contributed by atoms with Gasteiger partial charge in [-0.2, -0.15) is 0 Å². The molecule has 1 atom stereocenters. The number of halogens is 1. The molecule has 102 valence electrons. The molecule has 0 aliphatic rings. The maximum absolute atomic E-state index is 5.85. The number of nitrogens with two attached hydrogens (primary N) is 1. The molecule has 1 aromatic heterocycles. The third kappa shape index (κ3) is 2.40. The molecule has 0 fully saturated rings. The zero-order valence-electron chi connectivity index (χ0n) is 11.1. The highest BCUT2D eigenvalue weighted by Crippen LogP contribution is 2.34. The minimum atomic E-state index is -0.00477. The van der Waals surface area contributed by atoms with E-state index in [9.17, 15) is 0 Å². The van der Waals surface area contributed by atoms with Crippen LogP contribution in [-0.2, 0) is 0 Å². The van der Waals surface area contributed by atoms with Gasteiger partial charge in [-0.25, -0.2) is 5.43 Å². The Balaban J connectivity index is 2.19. The minimum absolute atomic E-state index is 0.00477. The number of hydrogen-bond donors (Lipinski definition) is 2. The molecule has 0 spiro atoms. The average Bonchev–Trinajstić information content (AvgIpc) is 2.92. The number of fused-ring (bicyclic) bond motifs is 1. The molecular weight excluding hydrogens is 332 g/mol. The monoisotopic (exact) mass is 346 g/mol. The number of benzene rings is 2. The lowest BCUT2D eigenvalue weighted by Gasteiger charge is -2.20. The molecule has 0 aliphatic carbocycles. The van der Waals surface area contributed by atoms with Crippen LogP contribution in [-0.4, -0.2) is 0 Å². The van der Waals surface area contributed by atoms with Gasteiger partial charge in [-0.1, -0.05) is 40.2 Å². The van der Waals surface area contributed by atoms with Gasteiger partial charge in [0.2, 0.25) is 0 Å². The Morgan fingerprint density at radius 3 is 2.80 bits per heavy atom. The van der Waals surface area contributed by atoms with Gasteiger partial charge in [0.1, 0.15) is 0 Å². The SMILES string of the molecule is Cc1ccc(Br)cc1C(NN)c1cccc2ccsc12. The van der Waals surface area contributed by atoms with Crippen LogP contribution in [0.25, 0.3) is 10.1 Å². The Morgan fingerprint density at radius 1 is 1.15 bits per heavy atom. The first-order valence-electron chi connectivity index (χ1n) is 6.39. The lowest BCUT2D eigenvalue weighted by molar-refractivity contribution is 0.638. The highest BCUT2D eigenvalue weighted by Gasteiger charge is 2.18. The molecule has 1 heterocycles. The van der Waals surface area contributed by atoms with Gasteiger partial charge >= 0.3 is 0 Å². The molecule has 0 amide bonds. The van der Waals surface area contributed by atoms with E-state index in [1.54, 1.807) is 11.3 Å². The smallest absolute Gasteiger partial charge is 0.0726 e. The summed E-state index contributed by atoms with van der Waals surface area (Å²) in [5, 5.41) is 3.38. The molecule has 3 N–H and O–H groups in total. The Kier molecular flexibility index (Phi) is 3.89. The third-order valence-electron chi connectivity index (χ3n) is 3.54. The molecule has 0 radical (unpaired) electrons. The molecule has 0 bridgehead atoms. The molecule has 4 heteroatoms. The van der Waals surface area contributed by atoms with Crippen LogP contribution in [0.1, 0.15) is 22.7 Å². The summed E-state index contributed by atoms with van der Waals surface area (Å²) in [7, 11) is 0. The van der Waals surface area contributed by atoms with Gasteiger partial charge in [-0.15, -0.1) is 11.3 Å². The van der Waals surface area contributed by atoms with Gasteiger partial charge < -0.3 is 0 Å². The summed E-state index contributed by atoms with van der Waals surface area (Å²) < 4.78 is 2.35. The van der Waals surface area contributed by atoms with Crippen LogP contribution in [0, 0.1) is 6.92 Å². The summed E-state index contributed by atoms with van der Waals surface area (Å²) in [6.45, 7) is 2.11. The fraction of sp³-hybridized carbons (Fsp3) is 0.125. The summed E-state index contributed by atoms with van der Waals surface area (Å²) in [4.78, 5) is 0. The van der Waals surface area contributed by atoms with Gasteiger partial charge in [0.05, 0.1) is 6.04 Å². The van der Waals surface area contributed by atoms with Crippen LogP contribution < -0.4 is 11.3 Å². The highest BCUT2D eigenvalue weighted by molar-refractivity contribution is 9.10. The number of aryl methyl sites for hydroxylation is 1. The van der Waals surface area contributed by atoms with E-state index in [-0.39, 0.29) is 6.04 Å². The largest absolute Gasteiger partial charge is 0.271 e. The third-order valence-corrected chi connectivity index (χ3v) is 5.01. The summed E-state index contributed by atoms with van der Waals surface area (Å²) in [5.41, 5.74) is 6.62. The molecule has 2 nitrogen and oxygen atoms in total. The molecule has 1 unspecified atom stereocenters. The predicted molar refractivity (Wildman–Crippen MR) is 89.9 cm³/mol. The molecule has 2 aromatic carbocycles. The molecule has 0 saturated carbocycles. The van der Waals surface area contributed by atoms with Crippen molar-refractivity contribution in [2.24, 2.45) is 5.84 Å². The van der Waals surface area contributed by atoms with Crippen molar-refractivity contribution >= 4 is 37.4 Å². The van der Waals surface area contributed by atoms with E-state index in [1.165, 1.54) is 26.8 Å². The number of thiophene rings is 1. The van der Waals surface area contributed by atoms with Crippen LogP contribution >= 0.6 is 27.3 Å². The van der Waals surface area contributed by atoms with Gasteiger partial charge in [0.25, 0.3) is 0 Å². The van der Waals surface area contributed by atoms with Crippen molar-refractivity contribution in [3.8, 4) is 0 Å². The van der Waals surface area contributed by atoms with Gasteiger partial charge in [0, 0.05) is 9.17 Å². The zero-order valence-corrected chi connectivity index (χ0v) is 13.5. The highest BCUT2D eigenvalue weighted by atomic mass is 79.9. The summed E-state index contributed by atoms with van der Waals surface area (Å²) >= 11 is 5.30. The number of hydrogen-bond acceptors (Lipinski definition) is 3. The second-order valence-electron chi connectivity index (χ2n) is 4.79. The Morgan fingerprint density at radius 2 is 2.00 bits per heavy atom.